The Hall–Kier alpha value is -3.29. The van der Waals surface area contributed by atoms with Gasteiger partial charge in [0.15, 0.2) is 17.2 Å². The molecule has 8 nitrogen and oxygen atoms in total. The second-order valence-corrected chi connectivity index (χ2v) is 7.32. The summed E-state index contributed by atoms with van der Waals surface area (Å²) in [6, 6.07) is 8.54. The first kappa shape index (κ1) is 23.0. The number of aromatic nitrogens is 1. The van der Waals surface area contributed by atoms with E-state index >= 15 is 0 Å². The van der Waals surface area contributed by atoms with E-state index in [-0.39, 0.29) is 23.1 Å². The number of esters is 1. The number of aromatic hydroxyl groups is 1. The van der Waals surface area contributed by atoms with Crippen molar-refractivity contribution in [1.82, 2.24) is 10.3 Å². The van der Waals surface area contributed by atoms with Crippen LogP contribution in [0.3, 0.4) is 0 Å². The van der Waals surface area contributed by atoms with Crippen LogP contribution in [-0.4, -0.2) is 55.3 Å². The molecule has 0 fully saturated rings. The Morgan fingerprint density at radius 2 is 1.73 bits per heavy atom. The molecule has 1 amide bonds. The molecule has 1 aromatic carbocycles. The van der Waals surface area contributed by atoms with Crippen LogP contribution in [-0.2, 0) is 9.53 Å². The normalized spacial score (nSPS) is 13.7. The van der Waals surface area contributed by atoms with E-state index in [0.29, 0.717) is 0 Å². The van der Waals surface area contributed by atoms with Crippen LogP contribution in [0.25, 0.3) is 0 Å². The van der Waals surface area contributed by atoms with Crippen molar-refractivity contribution >= 4 is 17.6 Å². The molecule has 0 bridgehead atoms. The van der Waals surface area contributed by atoms with Crippen molar-refractivity contribution in [2.75, 3.05) is 26.1 Å². The van der Waals surface area contributed by atoms with Crippen molar-refractivity contribution in [3.8, 4) is 11.5 Å². The summed E-state index contributed by atoms with van der Waals surface area (Å²) in [5.74, 6) is -1.57. The van der Waals surface area contributed by atoms with Gasteiger partial charge in [0.05, 0.1) is 7.11 Å². The molecule has 0 aliphatic rings. The van der Waals surface area contributed by atoms with E-state index in [4.69, 9.17) is 9.47 Å². The first-order valence-corrected chi connectivity index (χ1v) is 9.66. The highest BCUT2D eigenvalue weighted by atomic mass is 16.5. The lowest BCUT2D eigenvalue weighted by molar-refractivity contribution is -0.151. The number of nitrogens with zero attached hydrogens (tertiary/aromatic N) is 2. The zero-order valence-corrected chi connectivity index (χ0v) is 18.2. The Labute approximate surface area is 176 Å². The molecule has 1 heterocycles. The maximum Gasteiger partial charge on any atom is 0.328 e. The average molecular weight is 415 g/mol. The fraction of sp³-hybridized carbons (Fsp3) is 0.409. The second kappa shape index (κ2) is 9.96. The number of benzene rings is 1. The summed E-state index contributed by atoms with van der Waals surface area (Å²) in [5.41, 5.74) is 1.90. The summed E-state index contributed by atoms with van der Waals surface area (Å²) in [4.78, 5) is 30.7. The number of carbonyl (C=O) groups excluding carboxylic acids is 2. The van der Waals surface area contributed by atoms with E-state index in [1.54, 1.807) is 0 Å². The lowest BCUT2D eigenvalue weighted by atomic mass is 9.96. The number of ether oxygens (including phenoxy) is 2. The molecule has 2 rings (SSSR count). The number of amides is 1. The zero-order valence-electron chi connectivity index (χ0n) is 18.2. The van der Waals surface area contributed by atoms with Gasteiger partial charge in [-0.25, -0.2) is 9.78 Å². The van der Waals surface area contributed by atoms with Crippen molar-refractivity contribution in [2.24, 2.45) is 0 Å². The lowest BCUT2D eigenvalue weighted by Crippen LogP contribution is -2.41. The first-order chi connectivity index (χ1) is 14.1. The van der Waals surface area contributed by atoms with Crippen molar-refractivity contribution in [2.45, 2.75) is 38.8 Å². The summed E-state index contributed by atoms with van der Waals surface area (Å²) in [7, 11) is 5.31. The number of methoxy groups -OCH3 is 1. The number of rotatable bonds is 8. The third-order valence-corrected chi connectivity index (χ3v) is 4.96. The van der Waals surface area contributed by atoms with Gasteiger partial charge in [-0.3, -0.25) is 4.79 Å². The molecular weight excluding hydrogens is 386 g/mol. The number of anilines is 1. The minimum atomic E-state index is -0.921. The number of hydrogen-bond acceptors (Lipinski definition) is 7. The number of carbonyl (C=O) groups is 2. The molecular formula is C22H29N3O5. The van der Waals surface area contributed by atoms with Gasteiger partial charge in [0, 0.05) is 38.0 Å². The summed E-state index contributed by atoms with van der Waals surface area (Å²) >= 11 is 0. The fourth-order valence-corrected chi connectivity index (χ4v) is 2.83. The van der Waals surface area contributed by atoms with Crippen LogP contribution < -0.4 is 15.0 Å². The van der Waals surface area contributed by atoms with Gasteiger partial charge < -0.3 is 24.8 Å². The minimum Gasteiger partial charge on any atom is -0.503 e. The molecule has 2 aromatic rings. The molecule has 0 aliphatic heterocycles. The molecule has 8 heteroatoms. The van der Waals surface area contributed by atoms with E-state index < -0.39 is 24.0 Å². The predicted molar refractivity (Wildman–Crippen MR) is 114 cm³/mol. The largest absolute Gasteiger partial charge is 0.503 e. The van der Waals surface area contributed by atoms with Gasteiger partial charge in [0.2, 0.25) is 0 Å². The van der Waals surface area contributed by atoms with Crippen LogP contribution in [0.15, 0.2) is 36.5 Å². The predicted octanol–water partition coefficient (Wildman–Crippen LogP) is 2.72. The molecule has 3 atom stereocenters. The van der Waals surface area contributed by atoms with E-state index in [1.807, 2.05) is 57.1 Å². The zero-order chi connectivity index (χ0) is 22.4. The van der Waals surface area contributed by atoms with Gasteiger partial charge in [0.1, 0.15) is 12.1 Å². The van der Waals surface area contributed by atoms with Crippen LogP contribution >= 0.6 is 0 Å². The maximum atomic E-state index is 12.5. The molecule has 0 spiro atoms. The summed E-state index contributed by atoms with van der Waals surface area (Å²) in [5, 5.41) is 12.5. The van der Waals surface area contributed by atoms with Gasteiger partial charge in [0.25, 0.3) is 5.91 Å². The summed E-state index contributed by atoms with van der Waals surface area (Å²) in [6.07, 6.45) is 0.937. The van der Waals surface area contributed by atoms with Crippen LogP contribution in [0.4, 0.5) is 5.69 Å². The smallest absolute Gasteiger partial charge is 0.328 e. The average Bonchev–Trinajstić information content (AvgIpc) is 2.73. The van der Waals surface area contributed by atoms with Crippen molar-refractivity contribution in [3.63, 3.8) is 0 Å². The van der Waals surface area contributed by atoms with E-state index in [9.17, 15) is 14.7 Å². The molecule has 30 heavy (non-hydrogen) atoms. The Morgan fingerprint density at radius 3 is 2.30 bits per heavy atom. The Kier molecular flexibility index (Phi) is 7.63. The van der Waals surface area contributed by atoms with Gasteiger partial charge in [-0.05, 0) is 31.5 Å². The molecule has 0 saturated heterocycles. The first-order valence-electron chi connectivity index (χ1n) is 9.66. The van der Waals surface area contributed by atoms with Crippen LogP contribution in [0.1, 0.15) is 42.7 Å². The Balaban J connectivity index is 1.98. The van der Waals surface area contributed by atoms with E-state index in [0.717, 1.165) is 11.3 Å². The lowest BCUT2D eigenvalue weighted by Gasteiger charge is -2.23. The third kappa shape index (κ3) is 5.40. The van der Waals surface area contributed by atoms with Gasteiger partial charge >= 0.3 is 5.97 Å². The highest BCUT2D eigenvalue weighted by molar-refractivity contribution is 5.97. The molecule has 0 saturated carbocycles. The SMILES string of the molecule is COc1ccnc(C(=O)N[C@@H](C)C(=O)O[C@@H](C)[C@@H](C)c2ccc(N(C)C)cc2)c1O. The molecule has 1 aromatic heterocycles. The number of nitrogens with one attached hydrogen (secondary N) is 1. The second-order valence-electron chi connectivity index (χ2n) is 7.32. The highest BCUT2D eigenvalue weighted by Crippen LogP contribution is 2.27. The van der Waals surface area contributed by atoms with E-state index in [1.165, 1.54) is 26.3 Å². The summed E-state index contributed by atoms with van der Waals surface area (Å²) in [6.45, 7) is 5.30. The van der Waals surface area contributed by atoms with Crippen LogP contribution in [0.5, 0.6) is 11.5 Å². The topological polar surface area (TPSA) is 101 Å². The van der Waals surface area contributed by atoms with Crippen molar-refractivity contribution < 1.29 is 24.2 Å². The third-order valence-electron chi connectivity index (χ3n) is 4.96. The van der Waals surface area contributed by atoms with Gasteiger partial charge in [-0.15, -0.1) is 0 Å². The van der Waals surface area contributed by atoms with Gasteiger partial charge in [-0.2, -0.15) is 0 Å². The number of pyridine rings is 1. The fourth-order valence-electron chi connectivity index (χ4n) is 2.83. The van der Waals surface area contributed by atoms with Crippen LogP contribution in [0.2, 0.25) is 0 Å². The quantitative estimate of drug-likeness (QED) is 0.639. The highest BCUT2D eigenvalue weighted by Gasteiger charge is 2.25. The summed E-state index contributed by atoms with van der Waals surface area (Å²) < 4.78 is 10.5. The maximum absolute atomic E-state index is 12.5. The van der Waals surface area contributed by atoms with Crippen molar-refractivity contribution in [3.05, 3.63) is 47.8 Å². The monoisotopic (exact) mass is 415 g/mol. The minimum absolute atomic E-state index is 0.0304. The molecule has 0 aliphatic carbocycles. The number of hydrogen-bond donors (Lipinski definition) is 2. The Bertz CT molecular complexity index is 883. The van der Waals surface area contributed by atoms with Crippen LogP contribution in [0, 0.1) is 0 Å². The standard InChI is InChI=1S/C22H29N3O5/c1-13(16-7-9-17(10-8-16)25(4)5)15(3)30-22(28)14(2)24-21(27)19-20(26)18(29-6)11-12-23-19/h7-15,26H,1-6H3,(H,24,27)/t13-,14+,15+/m1/s1. The Morgan fingerprint density at radius 1 is 1.10 bits per heavy atom. The molecule has 0 radical (unpaired) electrons. The molecule has 0 unspecified atom stereocenters. The van der Waals surface area contributed by atoms with Gasteiger partial charge in [-0.1, -0.05) is 19.1 Å². The molecule has 162 valence electrons. The molecule has 2 N–H and O–H groups in total. The van der Waals surface area contributed by atoms with E-state index in [2.05, 4.69) is 10.3 Å². The van der Waals surface area contributed by atoms with Crippen molar-refractivity contribution in [1.29, 1.82) is 0 Å².